The standard InChI is InChI=1S/C21H24N6O5/c1-26-16-11-22-18(25-17-6-4-5-14(24-17)19(28)31-2)10-15(16)27(21(26)30)13-8-7-12(9-13)23-20(29)32-3/h4-6,10-13H,7-9H2,1-3H3,(H,23,29)(H,22,24,25)/t12-,13-/m1/s1. The van der Waals surface area contributed by atoms with Crippen molar-refractivity contribution in [2.24, 2.45) is 7.05 Å². The Balaban J connectivity index is 1.64. The van der Waals surface area contributed by atoms with Crippen LogP contribution >= 0.6 is 0 Å². The number of anilines is 2. The number of nitrogens with one attached hydrogen (secondary N) is 2. The molecule has 3 heterocycles. The van der Waals surface area contributed by atoms with Crippen molar-refractivity contribution in [2.75, 3.05) is 19.5 Å². The van der Waals surface area contributed by atoms with Gasteiger partial charge in [0.25, 0.3) is 0 Å². The summed E-state index contributed by atoms with van der Waals surface area (Å²) in [6.07, 6.45) is 3.28. The quantitative estimate of drug-likeness (QED) is 0.577. The fraction of sp³-hybridized carbons (Fsp3) is 0.381. The van der Waals surface area contributed by atoms with Gasteiger partial charge in [0.1, 0.15) is 11.6 Å². The second-order valence-electron chi connectivity index (χ2n) is 7.59. The number of hydrogen-bond acceptors (Lipinski definition) is 8. The Morgan fingerprint density at radius 3 is 2.69 bits per heavy atom. The number of rotatable bonds is 5. The lowest BCUT2D eigenvalue weighted by atomic mass is 10.2. The van der Waals surface area contributed by atoms with E-state index in [-0.39, 0.29) is 23.5 Å². The molecular weight excluding hydrogens is 416 g/mol. The lowest BCUT2D eigenvalue weighted by molar-refractivity contribution is 0.0594. The van der Waals surface area contributed by atoms with Crippen molar-refractivity contribution in [3.63, 3.8) is 0 Å². The molecule has 11 nitrogen and oxygen atoms in total. The number of nitrogens with zero attached hydrogens (tertiary/aromatic N) is 4. The summed E-state index contributed by atoms with van der Waals surface area (Å²) in [7, 11) is 4.33. The molecule has 1 aliphatic rings. The Bertz CT molecular complexity index is 1230. The van der Waals surface area contributed by atoms with Crippen LogP contribution in [0.25, 0.3) is 11.0 Å². The average Bonchev–Trinajstić information content (AvgIpc) is 3.35. The van der Waals surface area contributed by atoms with E-state index in [1.54, 1.807) is 46.6 Å². The Kier molecular flexibility index (Phi) is 5.80. The van der Waals surface area contributed by atoms with Gasteiger partial charge in [-0.25, -0.2) is 24.4 Å². The Morgan fingerprint density at radius 2 is 1.94 bits per heavy atom. The predicted molar refractivity (Wildman–Crippen MR) is 116 cm³/mol. The predicted octanol–water partition coefficient (Wildman–Crippen LogP) is 2.11. The van der Waals surface area contributed by atoms with Crippen LogP contribution in [0.4, 0.5) is 16.4 Å². The molecule has 3 aromatic heterocycles. The van der Waals surface area contributed by atoms with Gasteiger partial charge in [-0.2, -0.15) is 0 Å². The summed E-state index contributed by atoms with van der Waals surface area (Å²) in [5, 5.41) is 5.89. The summed E-state index contributed by atoms with van der Waals surface area (Å²) in [6, 6.07) is 6.61. The monoisotopic (exact) mass is 440 g/mol. The van der Waals surface area contributed by atoms with E-state index in [0.29, 0.717) is 23.6 Å². The lowest BCUT2D eigenvalue weighted by Crippen LogP contribution is -2.33. The number of imidazole rings is 1. The van der Waals surface area contributed by atoms with Crippen LogP contribution in [0, 0.1) is 0 Å². The van der Waals surface area contributed by atoms with Crippen molar-refractivity contribution in [3.05, 3.63) is 46.6 Å². The highest BCUT2D eigenvalue weighted by atomic mass is 16.5. The topological polar surface area (TPSA) is 129 Å². The molecule has 2 N–H and O–H groups in total. The van der Waals surface area contributed by atoms with Crippen LogP contribution < -0.4 is 16.3 Å². The first kappa shape index (κ1) is 21.3. The normalized spacial score (nSPS) is 17.8. The molecular formula is C21H24N6O5. The number of pyridine rings is 2. The summed E-state index contributed by atoms with van der Waals surface area (Å²) in [5.41, 5.74) is 1.45. The number of hydrogen-bond donors (Lipinski definition) is 2. The molecule has 168 valence electrons. The summed E-state index contributed by atoms with van der Waals surface area (Å²) >= 11 is 0. The molecule has 0 spiro atoms. The molecule has 32 heavy (non-hydrogen) atoms. The Hall–Kier alpha value is -3.89. The molecule has 0 radical (unpaired) electrons. The highest BCUT2D eigenvalue weighted by Gasteiger charge is 2.30. The first-order chi connectivity index (χ1) is 15.4. The lowest BCUT2D eigenvalue weighted by Gasteiger charge is -2.14. The van der Waals surface area contributed by atoms with E-state index >= 15 is 0 Å². The van der Waals surface area contributed by atoms with Gasteiger partial charge in [-0.3, -0.25) is 9.13 Å². The van der Waals surface area contributed by atoms with Gasteiger partial charge >= 0.3 is 17.8 Å². The number of amides is 1. The second kappa shape index (κ2) is 8.69. The zero-order valence-electron chi connectivity index (χ0n) is 18.0. The number of ether oxygens (including phenoxy) is 2. The minimum Gasteiger partial charge on any atom is -0.464 e. The molecule has 0 unspecified atom stereocenters. The summed E-state index contributed by atoms with van der Waals surface area (Å²) in [4.78, 5) is 44.9. The number of aryl methyl sites for hydroxylation is 1. The highest BCUT2D eigenvalue weighted by Crippen LogP contribution is 2.32. The fourth-order valence-corrected chi connectivity index (χ4v) is 4.08. The molecule has 0 bridgehead atoms. The number of fused-ring (bicyclic) bond motifs is 1. The molecule has 11 heteroatoms. The molecule has 2 atom stereocenters. The van der Waals surface area contributed by atoms with Gasteiger partial charge in [0, 0.05) is 25.2 Å². The maximum atomic E-state index is 13.0. The minimum absolute atomic E-state index is 0.0562. The van der Waals surface area contributed by atoms with E-state index in [1.807, 2.05) is 0 Å². The molecule has 1 fully saturated rings. The number of alkyl carbamates (subject to hydrolysis) is 1. The maximum Gasteiger partial charge on any atom is 0.407 e. The summed E-state index contributed by atoms with van der Waals surface area (Å²) in [6.45, 7) is 0. The first-order valence-electron chi connectivity index (χ1n) is 10.1. The van der Waals surface area contributed by atoms with E-state index in [0.717, 1.165) is 18.4 Å². The number of carbonyl (C=O) groups excluding carboxylic acids is 2. The number of esters is 1. The van der Waals surface area contributed by atoms with Crippen molar-refractivity contribution < 1.29 is 19.1 Å². The van der Waals surface area contributed by atoms with E-state index in [4.69, 9.17) is 4.74 Å². The minimum atomic E-state index is -0.537. The molecule has 3 aromatic rings. The fourth-order valence-electron chi connectivity index (χ4n) is 4.08. The van der Waals surface area contributed by atoms with Crippen molar-refractivity contribution in [3.8, 4) is 0 Å². The number of carbonyl (C=O) groups is 2. The smallest absolute Gasteiger partial charge is 0.407 e. The van der Waals surface area contributed by atoms with Gasteiger partial charge in [0.2, 0.25) is 0 Å². The molecule has 0 aromatic carbocycles. The van der Waals surface area contributed by atoms with Crippen LogP contribution in [-0.4, -0.2) is 51.4 Å². The molecule has 4 rings (SSSR count). The van der Waals surface area contributed by atoms with Gasteiger partial charge in [-0.1, -0.05) is 6.07 Å². The Morgan fingerprint density at radius 1 is 1.12 bits per heavy atom. The molecule has 1 aliphatic carbocycles. The second-order valence-corrected chi connectivity index (χ2v) is 7.59. The zero-order valence-corrected chi connectivity index (χ0v) is 18.0. The van der Waals surface area contributed by atoms with Crippen LogP contribution in [0.15, 0.2) is 35.3 Å². The molecule has 1 amide bonds. The summed E-state index contributed by atoms with van der Waals surface area (Å²) in [5.74, 6) is 0.367. The van der Waals surface area contributed by atoms with E-state index in [2.05, 4.69) is 25.3 Å². The molecule has 0 saturated heterocycles. The van der Waals surface area contributed by atoms with Gasteiger partial charge in [0.15, 0.2) is 5.69 Å². The van der Waals surface area contributed by atoms with Crippen LogP contribution in [0.1, 0.15) is 35.8 Å². The molecule has 1 saturated carbocycles. The van der Waals surface area contributed by atoms with Crippen molar-refractivity contribution in [1.29, 1.82) is 0 Å². The van der Waals surface area contributed by atoms with Gasteiger partial charge in [-0.05, 0) is 31.4 Å². The van der Waals surface area contributed by atoms with E-state index < -0.39 is 12.1 Å². The first-order valence-corrected chi connectivity index (χ1v) is 10.1. The largest absolute Gasteiger partial charge is 0.464 e. The number of methoxy groups -OCH3 is 2. The SMILES string of the molecule is COC(=O)N[C@@H]1CC[C@@H](n2c(=O)n(C)c3cnc(Nc4cccc(C(=O)OC)n4)cc32)C1. The van der Waals surface area contributed by atoms with Crippen LogP contribution in [0.3, 0.4) is 0 Å². The van der Waals surface area contributed by atoms with E-state index in [9.17, 15) is 14.4 Å². The van der Waals surface area contributed by atoms with Crippen LogP contribution in [0.2, 0.25) is 0 Å². The third-order valence-electron chi connectivity index (χ3n) is 5.65. The zero-order chi connectivity index (χ0) is 22.8. The van der Waals surface area contributed by atoms with Crippen LogP contribution in [0.5, 0.6) is 0 Å². The van der Waals surface area contributed by atoms with Crippen molar-refractivity contribution in [2.45, 2.75) is 31.3 Å². The van der Waals surface area contributed by atoms with Crippen molar-refractivity contribution in [1.82, 2.24) is 24.4 Å². The van der Waals surface area contributed by atoms with Crippen LogP contribution in [-0.2, 0) is 16.5 Å². The maximum absolute atomic E-state index is 13.0. The van der Waals surface area contributed by atoms with Gasteiger partial charge in [-0.15, -0.1) is 0 Å². The molecule has 0 aliphatic heterocycles. The van der Waals surface area contributed by atoms with E-state index in [1.165, 1.54) is 14.2 Å². The number of aromatic nitrogens is 4. The highest BCUT2D eigenvalue weighted by molar-refractivity contribution is 5.87. The van der Waals surface area contributed by atoms with Gasteiger partial charge in [0.05, 0.1) is 31.4 Å². The van der Waals surface area contributed by atoms with Crippen molar-refractivity contribution >= 4 is 34.7 Å². The average molecular weight is 440 g/mol. The third-order valence-corrected chi connectivity index (χ3v) is 5.65. The van der Waals surface area contributed by atoms with Gasteiger partial charge < -0.3 is 20.1 Å². The third kappa shape index (κ3) is 4.01. The Labute approximate surface area is 183 Å². The summed E-state index contributed by atoms with van der Waals surface area (Å²) < 4.78 is 12.7.